The fourth-order valence-electron chi connectivity index (χ4n) is 3.09. The zero-order valence-electron chi connectivity index (χ0n) is 15.3. The van der Waals surface area contributed by atoms with Gasteiger partial charge in [-0.3, -0.25) is 9.59 Å². The van der Waals surface area contributed by atoms with Crippen LogP contribution in [0.3, 0.4) is 0 Å². The Balaban J connectivity index is 1.58. The molecular weight excluding hydrogens is 371 g/mol. The maximum atomic E-state index is 12.8. The van der Waals surface area contributed by atoms with E-state index < -0.39 is 23.6 Å². The van der Waals surface area contributed by atoms with Crippen molar-refractivity contribution in [2.24, 2.45) is 0 Å². The molecule has 148 valence electrons. The van der Waals surface area contributed by atoms with Gasteiger partial charge in [0.15, 0.2) is 0 Å². The number of anilines is 2. The third-order valence-corrected chi connectivity index (χ3v) is 4.58. The molecule has 1 aliphatic rings. The zero-order chi connectivity index (χ0) is 20.3. The summed E-state index contributed by atoms with van der Waals surface area (Å²) in [5.74, 6) is -1.69. The van der Waals surface area contributed by atoms with Crippen molar-refractivity contribution in [3.05, 3.63) is 59.7 Å². The second-order valence-corrected chi connectivity index (χ2v) is 6.65. The summed E-state index contributed by atoms with van der Waals surface area (Å²) in [6.45, 7) is 3.88. The lowest BCUT2D eigenvalue weighted by molar-refractivity contribution is -0.143. The minimum absolute atomic E-state index is 0.0634. The average molecular weight is 391 g/mol. The molecule has 0 aliphatic carbocycles. The van der Waals surface area contributed by atoms with Crippen LogP contribution in [-0.4, -0.2) is 42.9 Å². The van der Waals surface area contributed by atoms with Crippen LogP contribution in [0, 0.1) is 6.92 Å². The summed E-state index contributed by atoms with van der Waals surface area (Å²) in [6.07, 6.45) is -4.52. The van der Waals surface area contributed by atoms with Crippen LogP contribution in [0.1, 0.15) is 11.1 Å². The third kappa shape index (κ3) is 4.62. The number of amides is 2. The molecule has 2 aromatic carbocycles. The molecule has 2 aromatic rings. The molecule has 0 radical (unpaired) electrons. The number of nitrogens with zero attached hydrogens (tertiary/aromatic N) is 2. The van der Waals surface area contributed by atoms with Crippen molar-refractivity contribution in [1.82, 2.24) is 4.90 Å². The quantitative estimate of drug-likeness (QED) is 0.800. The summed E-state index contributed by atoms with van der Waals surface area (Å²) in [6, 6.07) is 12.2. The third-order valence-electron chi connectivity index (χ3n) is 4.58. The van der Waals surface area contributed by atoms with Crippen LogP contribution >= 0.6 is 0 Å². The lowest BCUT2D eigenvalue weighted by Crippen LogP contribution is -2.51. The molecule has 0 atom stereocenters. The van der Waals surface area contributed by atoms with E-state index in [2.05, 4.69) is 16.3 Å². The van der Waals surface area contributed by atoms with Crippen molar-refractivity contribution < 1.29 is 22.8 Å². The minimum atomic E-state index is -4.52. The highest BCUT2D eigenvalue weighted by atomic mass is 19.4. The van der Waals surface area contributed by atoms with Crippen molar-refractivity contribution >= 4 is 23.2 Å². The number of piperazine rings is 1. The number of benzene rings is 2. The van der Waals surface area contributed by atoms with Gasteiger partial charge in [0.25, 0.3) is 0 Å². The molecule has 0 saturated carbocycles. The number of carbonyl (C=O) groups excluding carboxylic acids is 2. The Labute approximate surface area is 160 Å². The Kier molecular flexibility index (Phi) is 5.58. The Morgan fingerprint density at radius 3 is 2.29 bits per heavy atom. The van der Waals surface area contributed by atoms with Crippen molar-refractivity contribution in [2.45, 2.75) is 13.1 Å². The highest BCUT2D eigenvalue weighted by Gasteiger charge is 2.31. The molecule has 0 unspecified atom stereocenters. The average Bonchev–Trinajstić information content (AvgIpc) is 2.67. The van der Waals surface area contributed by atoms with Crippen LogP contribution in [-0.2, 0) is 15.8 Å². The molecule has 1 heterocycles. The van der Waals surface area contributed by atoms with Crippen LogP contribution in [0.2, 0.25) is 0 Å². The molecule has 1 saturated heterocycles. The van der Waals surface area contributed by atoms with Crippen molar-refractivity contribution in [1.29, 1.82) is 0 Å². The molecule has 1 fully saturated rings. The van der Waals surface area contributed by atoms with Gasteiger partial charge in [-0.25, -0.2) is 0 Å². The lowest BCUT2D eigenvalue weighted by Gasteiger charge is -2.35. The SMILES string of the molecule is Cc1cccc(N2CCN(C(=O)C(=O)Nc3cccc(C(F)(F)F)c3)CC2)c1. The fraction of sp³-hybridized carbons (Fsp3) is 0.300. The van der Waals surface area contributed by atoms with Gasteiger partial charge in [-0.2, -0.15) is 13.2 Å². The van der Waals surface area contributed by atoms with Crippen LogP contribution in [0.15, 0.2) is 48.5 Å². The molecule has 2 amide bonds. The minimum Gasteiger partial charge on any atom is -0.368 e. The topological polar surface area (TPSA) is 52.7 Å². The summed E-state index contributed by atoms with van der Waals surface area (Å²) in [5, 5.41) is 2.26. The Bertz CT molecular complexity index is 875. The van der Waals surface area contributed by atoms with Gasteiger partial charge in [-0.15, -0.1) is 0 Å². The van der Waals surface area contributed by atoms with Gasteiger partial charge in [-0.05, 0) is 42.8 Å². The van der Waals surface area contributed by atoms with Gasteiger partial charge < -0.3 is 15.1 Å². The van der Waals surface area contributed by atoms with Crippen LogP contribution < -0.4 is 10.2 Å². The maximum Gasteiger partial charge on any atom is 0.416 e. The van der Waals surface area contributed by atoms with Crippen molar-refractivity contribution in [2.75, 3.05) is 36.4 Å². The summed E-state index contributed by atoms with van der Waals surface area (Å²) in [4.78, 5) is 28.1. The van der Waals surface area contributed by atoms with E-state index in [1.807, 2.05) is 25.1 Å². The predicted molar refractivity (Wildman–Crippen MR) is 100 cm³/mol. The molecular formula is C20H20F3N3O2. The van der Waals surface area contributed by atoms with Crippen LogP contribution in [0.25, 0.3) is 0 Å². The van der Waals surface area contributed by atoms with Gasteiger partial charge in [0, 0.05) is 37.6 Å². The Hall–Kier alpha value is -3.03. The van der Waals surface area contributed by atoms with Crippen molar-refractivity contribution in [3.63, 3.8) is 0 Å². The van der Waals surface area contributed by atoms with E-state index in [4.69, 9.17) is 0 Å². The summed E-state index contributed by atoms with van der Waals surface area (Å²) in [5.41, 5.74) is 1.24. The van der Waals surface area contributed by atoms with E-state index in [1.165, 1.54) is 17.0 Å². The van der Waals surface area contributed by atoms with Gasteiger partial charge >= 0.3 is 18.0 Å². The molecule has 0 aromatic heterocycles. The molecule has 5 nitrogen and oxygen atoms in total. The van der Waals surface area contributed by atoms with Crippen molar-refractivity contribution in [3.8, 4) is 0 Å². The van der Waals surface area contributed by atoms with Gasteiger partial charge in [-0.1, -0.05) is 18.2 Å². The van der Waals surface area contributed by atoms with E-state index in [0.717, 1.165) is 23.4 Å². The number of alkyl halides is 3. The monoisotopic (exact) mass is 391 g/mol. The standard InChI is InChI=1S/C20H20F3N3O2/c1-14-4-2-7-17(12-14)25-8-10-26(11-9-25)19(28)18(27)24-16-6-3-5-15(13-16)20(21,22)23/h2-7,12-13H,8-11H2,1H3,(H,24,27). The highest BCUT2D eigenvalue weighted by Crippen LogP contribution is 2.30. The first-order valence-corrected chi connectivity index (χ1v) is 8.83. The molecule has 1 N–H and O–H groups in total. The Morgan fingerprint density at radius 1 is 0.964 bits per heavy atom. The largest absolute Gasteiger partial charge is 0.416 e. The normalized spacial score (nSPS) is 14.7. The number of rotatable bonds is 2. The maximum absolute atomic E-state index is 12.8. The second kappa shape index (κ2) is 7.92. The van der Waals surface area contributed by atoms with Crippen LogP contribution in [0.4, 0.5) is 24.5 Å². The first-order chi connectivity index (χ1) is 13.2. The van der Waals surface area contributed by atoms with Crippen LogP contribution in [0.5, 0.6) is 0 Å². The fourth-order valence-corrected chi connectivity index (χ4v) is 3.09. The smallest absolute Gasteiger partial charge is 0.368 e. The zero-order valence-corrected chi connectivity index (χ0v) is 15.3. The predicted octanol–water partition coefficient (Wildman–Crippen LogP) is 3.30. The van der Waals surface area contributed by atoms with E-state index >= 15 is 0 Å². The number of halogens is 3. The molecule has 1 aliphatic heterocycles. The van der Waals surface area contributed by atoms with E-state index in [9.17, 15) is 22.8 Å². The van der Waals surface area contributed by atoms with Gasteiger partial charge in [0.05, 0.1) is 5.56 Å². The number of carbonyl (C=O) groups is 2. The highest BCUT2D eigenvalue weighted by molar-refractivity contribution is 6.39. The van der Waals surface area contributed by atoms with Gasteiger partial charge in [0.1, 0.15) is 0 Å². The Morgan fingerprint density at radius 2 is 1.64 bits per heavy atom. The first-order valence-electron chi connectivity index (χ1n) is 8.83. The second-order valence-electron chi connectivity index (χ2n) is 6.65. The number of hydrogen-bond donors (Lipinski definition) is 1. The van der Waals surface area contributed by atoms with E-state index in [1.54, 1.807) is 0 Å². The number of hydrogen-bond acceptors (Lipinski definition) is 3. The molecule has 0 bridgehead atoms. The van der Waals surface area contributed by atoms with E-state index in [-0.39, 0.29) is 5.69 Å². The first kappa shape index (κ1) is 19.7. The molecule has 28 heavy (non-hydrogen) atoms. The van der Waals surface area contributed by atoms with Gasteiger partial charge in [0.2, 0.25) is 0 Å². The summed E-state index contributed by atoms with van der Waals surface area (Å²) >= 11 is 0. The molecule has 0 spiro atoms. The number of aryl methyl sites for hydroxylation is 1. The number of nitrogens with one attached hydrogen (secondary N) is 1. The molecule has 3 rings (SSSR count). The van der Waals surface area contributed by atoms with E-state index in [0.29, 0.717) is 26.2 Å². The lowest BCUT2D eigenvalue weighted by atomic mass is 10.2. The summed E-state index contributed by atoms with van der Waals surface area (Å²) < 4.78 is 38.3. The molecule has 8 heteroatoms. The summed E-state index contributed by atoms with van der Waals surface area (Å²) in [7, 11) is 0.